The van der Waals surface area contributed by atoms with E-state index in [1.807, 2.05) is 24.3 Å². The average molecular weight is 1140 g/mol. The van der Waals surface area contributed by atoms with Crippen molar-refractivity contribution in [3.8, 4) is 0 Å². The molecule has 12 aromatic rings. The Hall–Kier alpha value is -10.4. The summed E-state index contributed by atoms with van der Waals surface area (Å²) in [5.41, 5.74) is 15.8. The third kappa shape index (κ3) is 12.8. The van der Waals surface area contributed by atoms with Gasteiger partial charge in [0.25, 0.3) is 0 Å². The molecule has 0 N–H and O–H groups in total. The molecule has 5 heteroatoms. The highest BCUT2D eigenvalue weighted by Crippen LogP contribution is 2.47. The topological polar surface area (TPSA) is 52.7 Å². The van der Waals surface area contributed by atoms with E-state index in [2.05, 4.69) is 342 Å². The summed E-state index contributed by atoms with van der Waals surface area (Å²) in [6.45, 7) is 1.84. The molecule has 0 amide bonds. The summed E-state index contributed by atoms with van der Waals surface area (Å²) in [7, 11) is 0. The second-order valence-electron chi connectivity index (χ2n) is 22.7. The van der Waals surface area contributed by atoms with Crippen LogP contribution >= 0.6 is 0 Å². The highest BCUT2D eigenvalue weighted by atomic mass is 15.1. The van der Waals surface area contributed by atoms with Gasteiger partial charge in [0.2, 0.25) is 0 Å². The summed E-state index contributed by atoms with van der Waals surface area (Å²) in [5.74, 6) is 0. The normalized spacial score (nSPS) is 11.9. The van der Waals surface area contributed by atoms with Crippen LogP contribution in [0, 0.1) is 0 Å². The molecule has 0 spiro atoms. The molecule has 430 valence electrons. The Kier molecular flexibility index (Phi) is 18.6. The average Bonchev–Trinajstić information content (AvgIpc) is 1.04. The standard InChI is InChI=1S/C83H73N5/c1-10-32-66(33-11-1)81(67-34-12-2-13-35-67,68-36-14-3-15-37-68)62-28-30-64-88(65-31-29-63-82(69-38-16-4-17-39-69,70-40-18-5-19-41-70)71-42-20-6-21-43-71)80-60-58-79(59-61-80)87-86-78-56-54-77(55-57-78)85-84-76-52-50-75(51-53-76)83(72-44-22-7-23-45-72,73-46-24-8-25-47-73)74-48-26-9-27-49-74/h1-27,32-61H,28-31,62-65H2. The molecule has 0 aliphatic rings. The number of unbranched alkanes of at least 4 members (excludes halogenated alkanes) is 2. The van der Waals surface area contributed by atoms with Gasteiger partial charge < -0.3 is 4.90 Å². The van der Waals surface area contributed by atoms with E-state index in [4.69, 9.17) is 5.11 Å². The van der Waals surface area contributed by atoms with Crippen LogP contribution in [0.1, 0.15) is 94.2 Å². The van der Waals surface area contributed by atoms with E-state index in [0.717, 1.165) is 79.9 Å². The van der Waals surface area contributed by atoms with E-state index in [1.54, 1.807) is 0 Å². The Labute approximate surface area is 520 Å². The minimum atomic E-state index is -0.527. The Morgan fingerprint density at radius 2 is 0.409 bits per heavy atom. The molecule has 0 bridgehead atoms. The first-order valence-electron chi connectivity index (χ1n) is 31.0. The first-order valence-corrected chi connectivity index (χ1v) is 31.0. The molecular formula is C83H73N5. The zero-order chi connectivity index (χ0) is 59.5. The van der Waals surface area contributed by atoms with Gasteiger partial charge >= 0.3 is 0 Å². The van der Waals surface area contributed by atoms with Gasteiger partial charge in [0, 0.05) is 29.6 Å². The van der Waals surface area contributed by atoms with Crippen LogP contribution in [0.25, 0.3) is 0 Å². The van der Waals surface area contributed by atoms with Gasteiger partial charge in [-0.05, 0) is 142 Å². The van der Waals surface area contributed by atoms with Gasteiger partial charge in [-0.2, -0.15) is 20.5 Å². The van der Waals surface area contributed by atoms with Crippen molar-refractivity contribution in [3.63, 3.8) is 0 Å². The fraction of sp³-hybridized carbons (Fsp3) is 0.133. The number of benzene rings is 12. The van der Waals surface area contributed by atoms with Crippen LogP contribution in [0.5, 0.6) is 0 Å². The van der Waals surface area contributed by atoms with Crippen molar-refractivity contribution in [2.24, 2.45) is 20.5 Å². The van der Waals surface area contributed by atoms with Gasteiger partial charge in [-0.1, -0.05) is 298 Å². The van der Waals surface area contributed by atoms with Crippen LogP contribution in [-0.4, -0.2) is 13.1 Å². The lowest BCUT2D eigenvalue weighted by Crippen LogP contribution is -2.31. The van der Waals surface area contributed by atoms with E-state index >= 15 is 0 Å². The molecule has 12 aromatic carbocycles. The van der Waals surface area contributed by atoms with E-state index < -0.39 is 5.41 Å². The van der Waals surface area contributed by atoms with E-state index in [1.165, 1.54) is 55.8 Å². The molecule has 5 nitrogen and oxygen atoms in total. The maximum Gasteiger partial charge on any atom is 0.0858 e. The summed E-state index contributed by atoms with van der Waals surface area (Å²) < 4.78 is 0. The highest BCUT2D eigenvalue weighted by molar-refractivity contribution is 5.62. The molecule has 0 heterocycles. The van der Waals surface area contributed by atoms with Crippen molar-refractivity contribution in [3.05, 3.63) is 401 Å². The smallest absolute Gasteiger partial charge is 0.0858 e. The maximum atomic E-state index is 4.72. The molecule has 88 heavy (non-hydrogen) atoms. The molecule has 0 radical (unpaired) electrons. The summed E-state index contributed by atoms with van der Waals surface area (Å²) in [6, 6.07) is 124. The predicted molar refractivity (Wildman–Crippen MR) is 364 cm³/mol. The van der Waals surface area contributed by atoms with Crippen LogP contribution in [0.2, 0.25) is 0 Å². The highest BCUT2D eigenvalue weighted by Gasteiger charge is 2.39. The summed E-state index contributed by atoms with van der Waals surface area (Å²) in [4.78, 5) is 2.60. The molecule has 12 rings (SSSR count). The lowest BCUT2D eigenvalue weighted by Gasteiger charge is -2.37. The zero-order valence-electron chi connectivity index (χ0n) is 49.8. The van der Waals surface area contributed by atoms with Crippen LogP contribution < -0.4 is 4.90 Å². The molecule has 0 saturated heterocycles. The number of anilines is 1. The Bertz CT molecular complexity index is 3650. The van der Waals surface area contributed by atoms with Crippen LogP contribution in [0.4, 0.5) is 28.4 Å². The molecule has 0 saturated carbocycles. The Morgan fingerprint density at radius 1 is 0.205 bits per heavy atom. The van der Waals surface area contributed by atoms with Gasteiger partial charge in [-0.3, -0.25) is 0 Å². The number of rotatable bonds is 25. The van der Waals surface area contributed by atoms with E-state index in [0.29, 0.717) is 0 Å². The number of hydrogen-bond acceptors (Lipinski definition) is 5. The molecular weight excluding hydrogens is 1070 g/mol. The summed E-state index contributed by atoms with van der Waals surface area (Å²) in [5, 5.41) is 18.7. The second kappa shape index (κ2) is 28.2. The van der Waals surface area contributed by atoms with Crippen molar-refractivity contribution in [2.75, 3.05) is 18.0 Å². The van der Waals surface area contributed by atoms with Gasteiger partial charge in [0.15, 0.2) is 0 Å². The lowest BCUT2D eigenvalue weighted by molar-refractivity contribution is 0.502. The van der Waals surface area contributed by atoms with E-state index in [9.17, 15) is 0 Å². The maximum absolute atomic E-state index is 4.72. The Morgan fingerprint density at radius 3 is 0.659 bits per heavy atom. The monoisotopic (exact) mass is 1140 g/mol. The van der Waals surface area contributed by atoms with Crippen LogP contribution in [0.15, 0.2) is 366 Å². The molecule has 0 atom stereocenters. The Balaban J connectivity index is 0.763. The minimum absolute atomic E-state index is 0.293. The van der Waals surface area contributed by atoms with Crippen molar-refractivity contribution in [2.45, 2.75) is 54.8 Å². The van der Waals surface area contributed by atoms with Gasteiger partial charge in [0.1, 0.15) is 0 Å². The number of azo groups is 2. The first kappa shape index (κ1) is 58.0. The molecule has 0 fully saturated rings. The van der Waals surface area contributed by atoms with Crippen LogP contribution in [-0.2, 0) is 16.2 Å². The fourth-order valence-corrected chi connectivity index (χ4v) is 13.3. The lowest BCUT2D eigenvalue weighted by atomic mass is 9.65. The second-order valence-corrected chi connectivity index (χ2v) is 22.7. The fourth-order valence-electron chi connectivity index (χ4n) is 13.3. The summed E-state index contributed by atoms with van der Waals surface area (Å²) >= 11 is 0. The van der Waals surface area contributed by atoms with Gasteiger partial charge in [-0.25, -0.2) is 0 Å². The quantitative estimate of drug-likeness (QED) is 0.0320. The minimum Gasteiger partial charge on any atom is -0.372 e. The van der Waals surface area contributed by atoms with Gasteiger partial charge in [0.05, 0.1) is 28.2 Å². The number of hydrogen-bond donors (Lipinski definition) is 0. The molecule has 0 aromatic heterocycles. The van der Waals surface area contributed by atoms with Crippen molar-refractivity contribution < 1.29 is 0 Å². The third-order valence-corrected chi connectivity index (χ3v) is 17.6. The van der Waals surface area contributed by atoms with Crippen molar-refractivity contribution in [1.82, 2.24) is 0 Å². The van der Waals surface area contributed by atoms with Gasteiger partial charge in [-0.15, -0.1) is 0 Å². The first-order chi connectivity index (χ1) is 43.6. The SMILES string of the molecule is c1ccc(C(CCCCN(CCCCC(c2ccccc2)(c2ccccc2)c2ccccc2)c2ccc(N=Nc3ccc(N=Nc4ccc(C(c5ccccc5)(c5ccccc5)c5ccccc5)cc4)cc3)cc2)(c2ccccc2)c2ccccc2)cc1. The van der Waals surface area contributed by atoms with E-state index in [-0.39, 0.29) is 10.8 Å². The van der Waals surface area contributed by atoms with Crippen molar-refractivity contribution >= 4 is 28.4 Å². The van der Waals surface area contributed by atoms with Crippen molar-refractivity contribution in [1.29, 1.82) is 0 Å². The zero-order valence-corrected chi connectivity index (χ0v) is 49.8. The summed E-state index contributed by atoms with van der Waals surface area (Å²) in [6.07, 6.45) is 6.08. The number of nitrogens with zero attached hydrogens (tertiary/aromatic N) is 5. The third-order valence-electron chi connectivity index (χ3n) is 17.6. The molecule has 0 aliphatic carbocycles. The molecule has 0 unspecified atom stereocenters. The van der Waals surface area contributed by atoms with Crippen LogP contribution in [0.3, 0.4) is 0 Å². The largest absolute Gasteiger partial charge is 0.372 e. The molecule has 0 aliphatic heterocycles. The predicted octanol–water partition coefficient (Wildman–Crippen LogP) is 22.1.